The Morgan fingerprint density at radius 3 is 2.41 bits per heavy atom. The van der Waals surface area contributed by atoms with Crippen LogP contribution in [0.2, 0.25) is 0 Å². The van der Waals surface area contributed by atoms with Crippen LogP contribution in [0.5, 0.6) is 0 Å². The van der Waals surface area contributed by atoms with Crippen molar-refractivity contribution in [2.75, 3.05) is 0 Å². The molecule has 1 N–H and O–H groups in total. The number of thiophene rings is 1. The molecule has 0 fully saturated rings. The first kappa shape index (κ1) is 16.5. The molecule has 0 spiro atoms. The maximum atomic E-state index is 13.2. The van der Waals surface area contributed by atoms with Crippen LogP contribution in [-0.4, -0.2) is 17.1 Å². The summed E-state index contributed by atoms with van der Waals surface area (Å²) in [6.45, 7) is 0. The summed E-state index contributed by atoms with van der Waals surface area (Å²) in [6, 6.07) is 8.36. The molecule has 0 radical (unpaired) electrons. The van der Waals surface area contributed by atoms with Crippen molar-refractivity contribution in [1.82, 2.24) is 0 Å². The minimum Gasteiger partial charge on any atom is -0.376 e. The molecule has 0 aliphatic carbocycles. The van der Waals surface area contributed by atoms with E-state index in [0.29, 0.717) is 0 Å². The first-order valence-corrected chi connectivity index (χ1v) is 7.35. The molecule has 6 heteroatoms. The molecule has 1 aromatic heterocycles. The number of hydrogen-bond donors (Lipinski definition) is 1. The van der Waals surface area contributed by atoms with Gasteiger partial charge in [0.15, 0.2) is 11.4 Å². The van der Waals surface area contributed by atoms with Crippen molar-refractivity contribution < 1.29 is 23.1 Å². The van der Waals surface area contributed by atoms with Crippen LogP contribution >= 0.6 is 11.3 Å². The lowest BCUT2D eigenvalue weighted by Crippen LogP contribution is -2.43. The minimum atomic E-state index is -4.94. The van der Waals surface area contributed by atoms with Crippen LogP contribution in [0.3, 0.4) is 0 Å². The van der Waals surface area contributed by atoms with E-state index in [1.165, 1.54) is 29.5 Å². The van der Waals surface area contributed by atoms with E-state index in [1.807, 2.05) is 0 Å². The lowest BCUT2D eigenvalue weighted by atomic mass is 9.88. The second-order valence-electron chi connectivity index (χ2n) is 4.76. The average Bonchev–Trinajstić information content (AvgIpc) is 2.98. The van der Waals surface area contributed by atoms with Gasteiger partial charge >= 0.3 is 6.18 Å². The van der Waals surface area contributed by atoms with Gasteiger partial charge in [-0.25, -0.2) is 0 Å². The Morgan fingerprint density at radius 2 is 1.86 bits per heavy atom. The van der Waals surface area contributed by atoms with Crippen molar-refractivity contribution in [3.63, 3.8) is 0 Å². The van der Waals surface area contributed by atoms with Crippen LogP contribution < -0.4 is 0 Å². The maximum absolute atomic E-state index is 13.2. The quantitative estimate of drug-likeness (QED) is 0.837. The molecule has 1 heterocycles. The highest BCUT2D eigenvalue weighted by atomic mass is 32.1. The number of hydrogen-bond acceptors (Lipinski definition) is 3. The third-order valence-electron chi connectivity index (χ3n) is 3.16. The fourth-order valence-corrected chi connectivity index (χ4v) is 2.58. The van der Waals surface area contributed by atoms with Crippen molar-refractivity contribution >= 4 is 23.2 Å². The van der Waals surface area contributed by atoms with Crippen LogP contribution in [-0.2, 0) is 10.4 Å². The number of benzene rings is 1. The van der Waals surface area contributed by atoms with Gasteiger partial charge in [-0.15, -0.1) is 0 Å². The summed E-state index contributed by atoms with van der Waals surface area (Å²) >= 11 is 1.41. The Balaban J connectivity index is 2.23. The zero-order valence-corrected chi connectivity index (χ0v) is 12.2. The SMILES string of the molecule is O=C(/C=C/c1ccsc1)CC(O)(c1ccccc1)C(F)(F)F. The monoisotopic (exact) mass is 326 g/mol. The van der Waals surface area contributed by atoms with Gasteiger partial charge in [0.2, 0.25) is 0 Å². The van der Waals surface area contributed by atoms with Crippen LogP contribution in [0.4, 0.5) is 13.2 Å². The largest absolute Gasteiger partial charge is 0.421 e. The highest BCUT2D eigenvalue weighted by Crippen LogP contribution is 2.41. The molecule has 0 saturated heterocycles. The molecular weight excluding hydrogens is 313 g/mol. The number of halogens is 3. The van der Waals surface area contributed by atoms with Crippen molar-refractivity contribution in [1.29, 1.82) is 0 Å². The molecule has 1 unspecified atom stereocenters. The van der Waals surface area contributed by atoms with E-state index in [0.717, 1.165) is 23.8 Å². The third-order valence-corrected chi connectivity index (χ3v) is 3.86. The van der Waals surface area contributed by atoms with Crippen LogP contribution in [0, 0.1) is 0 Å². The Bertz CT molecular complexity index is 648. The van der Waals surface area contributed by atoms with Crippen molar-refractivity contribution in [3.8, 4) is 0 Å². The molecule has 2 aromatic rings. The smallest absolute Gasteiger partial charge is 0.376 e. The molecular formula is C16H13F3O2S. The van der Waals surface area contributed by atoms with Crippen LogP contribution in [0.15, 0.2) is 53.2 Å². The highest BCUT2D eigenvalue weighted by molar-refractivity contribution is 7.08. The summed E-state index contributed by atoms with van der Waals surface area (Å²) in [4.78, 5) is 11.8. The first-order valence-electron chi connectivity index (χ1n) is 6.41. The number of alkyl halides is 3. The molecule has 0 amide bonds. The lowest BCUT2D eigenvalue weighted by Gasteiger charge is -2.30. The van der Waals surface area contributed by atoms with Gasteiger partial charge in [0.05, 0.1) is 6.42 Å². The Morgan fingerprint density at radius 1 is 1.18 bits per heavy atom. The van der Waals surface area contributed by atoms with Gasteiger partial charge in [0.1, 0.15) is 0 Å². The van der Waals surface area contributed by atoms with Crippen LogP contribution in [0.25, 0.3) is 6.08 Å². The Hall–Kier alpha value is -1.92. The number of aliphatic hydroxyl groups is 1. The molecule has 0 aliphatic heterocycles. The standard InChI is InChI=1S/C16H13F3O2S/c17-16(18,19)15(21,13-4-2-1-3-5-13)10-14(20)7-6-12-8-9-22-11-12/h1-9,11,21H,10H2/b7-6+. The molecule has 0 aliphatic rings. The van der Waals surface area contributed by atoms with Gasteiger partial charge in [-0.3, -0.25) is 4.79 Å². The first-order chi connectivity index (χ1) is 10.3. The van der Waals surface area contributed by atoms with Crippen molar-refractivity contribution in [2.45, 2.75) is 18.2 Å². The summed E-state index contributed by atoms with van der Waals surface area (Å²) in [5.74, 6) is -0.796. The second kappa shape index (κ2) is 6.46. The number of ketones is 1. The van der Waals surface area contributed by atoms with E-state index >= 15 is 0 Å². The molecule has 116 valence electrons. The molecule has 2 rings (SSSR count). The predicted molar refractivity (Wildman–Crippen MR) is 79.4 cm³/mol. The van der Waals surface area contributed by atoms with Gasteiger partial charge in [-0.1, -0.05) is 36.4 Å². The topological polar surface area (TPSA) is 37.3 Å². The van der Waals surface area contributed by atoms with Crippen LogP contribution in [0.1, 0.15) is 17.5 Å². The Kier molecular flexibility index (Phi) is 4.83. The van der Waals surface area contributed by atoms with Gasteiger partial charge in [-0.2, -0.15) is 24.5 Å². The zero-order chi connectivity index (χ0) is 16.2. The van der Waals surface area contributed by atoms with Crippen molar-refractivity contribution in [3.05, 3.63) is 64.4 Å². The number of carbonyl (C=O) groups is 1. The number of carbonyl (C=O) groups excluding carboxylic acids is 1. The van der Waals surface area contributed by atoms with E-state index < -0.39 is 24.0 Å². The molecule has 1 atom stereocenters. The van der Waals surface area contributed by atoms with Gasteiger partial charge in [0.25, 0.3) is 0 Å². The average molecular weight is 326 g/mol. The summed E-state index contributed by atoms with van der Waals surface area (Å²) < 4.78 is 39.7. The third kappa shape index (κ3) is 3.64. The van der Waals surface area contributed by atoms with E-state index in [1.54, 1.807) is 22.9 Å². The highest BCUT2D eigenvalue weighted by Gasteiger charge is 2.55. The normalized spacial score (nSPS) is 14.9. The fourth-order valence-electron chi connectivity index (χ4n) is 1.95. The zero-order valence-electron chi connectivity index (χ0n) is 11.4. The van der Waals surface area contributed by atoms with Gasteiger partial charge in [0, 0.05) is 0 Å². The minimum absolute atomic E-state index is 0.347. The summed E-state index contributed by atoms with van der Waals surface area (Å²) in [6.07, 6.45) is -3.51. The number of rotatable bonds is 5. The van der Waals surface area contributed by atoms with E-state index in [9.17, 15) is 23.1 Å². The predicted octanol–water partition coefficient (Wildman–Crippen LogP) is 4.17. The molecule has 0 bridgehead atoms. The lowest BCUT2D eigenvalue weighted by molar-refractivity contribution is -0.266. The maximum Gasteiger partial charge on any atom is 0.421 e. The van der Waals surface area contributed by atoms with Gasteiger partial charge in [-0.05, 0) is 34.0 Å². The molecule has 2 nitrogen and oxygen atoms in total. The molecule has 0 saturated carbocycles. The van der Waals surface area contributed by atoms with E-state index in [4.69, 9.17) is 0 Å². The Labute approximate surface area is 129 Å². The van der Waals surface area contributed by atoms with E-state index in [2.05, 4.69) is 0 Å². The van der Waals surface area contributed by atoms with E-state index in [-0.39, 0.29) is 5.56 Å². The van der Waals surface area contributed by atoms with Gasteiger partial charge < -0.3 is 5.11 Å². The molecule has 22 heavy (non-hydrogen) atoms. The summed E-state index contributed by atoms with van der Waals surface area (Å²) in [5.41, 5.74) is -2.81. The fraction of sp³-hybridized carbons (Fsp3) is 0.188. The molecule has 1 aromatic carbocycles. The summed E-state index contributed by atoms with van der Waals surface area (Å²) in [7, 11) is 0. The van der Waals surface area contributed by atoms with Crippen molar-refractivity contribution in [2.24, 2.45) is 0 Å². The second-order valence-corrected chi connectivity index (χ2v) is 5.54. The summed E-state index contributed by atoms with van der Waals surface area (Å²) in [5, 5.41) is 13.6. The number of allylic oxidation sites excluding steroid dienone is 1.